The lowest BCUT2D eigenvalue weighted by Crippen LogP contribution is -2.48. The minimum Gasteiger partial charge on any atom is -0.396 e. The summed E-state index contributed by atoms with van der Waals surface area (Å²) in [5, 5.41) is 15.3. The number of anilines is 1. The van der Waals surface area contributed by atoms with Crippen LogP contribution in [0.4, 0.5) is 5.69 Å². The molecule has 0 bridgehead atoms. The van der Waals surface area contributed by atoms with E-state index in [1.165, 1.54) is 0 Å². The normalized spacial score (nSPS) is 24.1. The maximum atomic E-state index is 12.0. The lowest BCUT2D eigenvalue weighted by Gasteiger charge is -2.29. The van der Waals surface area contributed by atoms with Gasteiger partial charge in [-0.3, -0.25) is 9.59 Å². The summed E-state index contributed by atoms with van der Waals surface area (Å²) in [5.41, 5.74) is 1.02. The molecule has 1 aliphatic carbocycles. The van der Waals surface area contributed by atoms with Gasteiger partial charge in [-0.1, -0.05) is 31.0 Å². The Morgan fingerprint density at radius 2 is 2.14 bits per heavy atom. The molecule has 0 heterocycles. The number of amides is 2. The molecule has 1 fully saturated rings. The maximum absolute atomic E-state index is 12.0. The molecule has 1 aromatic rings. The number of halogens is 1. The number of rotatable bonds is 3. The zero-order chi connectivity index (χ0) is 16.3. The van der Waals surface area contributed by atoms with Crippen molar-refractivity contribution in [2.75, 3.05) is 11.9 Å². The molecule has 2 rings (SSSR count). The topological polar surface area (TPSA) is 78.4 Å². The van der Waals surface area contributed by atoms with Crippen LogP contribution in [0.15, 0.2) is 18.2 Å². The third kappa shape index (κ3) is 3.59. The first kappa shape index (κ1) is 16.8. The third-order valence-corrected chi connectivity index (χ3v) is 4.79. The van der Waals surface area contributed by atoms with Gasteiger partial charge in [-0.05, 0) is 37.5 Å². The Bertz CT molecular complexity index is 591. The van der Waals surface area contributed by atoms with E-state index in [-0.39, 0.29) is 18.1 Å². The van der Waals surface area contributed by atoms with Gasteiger partial charge >= 0.3 is 11.8 Å². The lowest BCUT2D eigenvalue weighted by molar-refractivity contribution is -0.137. The minimum absolute atomic E-state index is 0.00681. The number of nitrogens with one attached hydrogen (secondary N) is 2. The fourth-order valence-electron chi connectivity index (χ4n) is 2.75. The second-order valence-corrected chi connectivity index (χ2v) is 6.56. The minimum atomic E-state index is -0.730. The van der Waals surface area contributed by atoms with Gasteiger partial charge in [0, 0.05) is 22.2 Å². The van der Waals surface area contributed by atoms with E-state index in [1.54, 1.807) is 18.2 Å². The number of hydrogen-bond acceptors (Lipinski definition) is 3. The molecule has 2 atom stereocenters. The smallest absolute Gasteiger partial charge is 0.313 e. The average Bonchev–Trinajstić information content (AvgIpc) is 2.84. The van der Waals surface area contributed by atoms with E-state index >= 15 is 0 Å². The molecule has 120 valence electrons. The third-order valence-electron chi connectivity index (χ3n) is 4.38. The molecule has 22 heavy (non-hydrogen) atoms. The largest absolute Gasteiger partial charge is 0.396 e. The molecule has 2 unspecified atom stereocenters. The molecular weight excluding hydrogens is 304 g/mol. The molecule has 0 aromatic heterocycles. The van der Waals surface area contributed by atoms with Crippen LogP contribution >= 0.6 is 11.6 Å². The summed E-state index contributed by atoms with van der Waals surface area (Å²) in [6.45, 7) is 3.77. The Morgan fingerprint density at radius 1 is 1.41 bits per heavy atom. The quantitative estimate of drug-likeness (QED) is 0.746. The van der Waals surface area contributed by atoms with Gasteiger partial charge in [0.15, 0.2) is 0 Å². The van der Waals surface area contributed by atoms with Crippen LogP contribution in [0.1, 0.15) is 31.7 Å². The predicted molar refractivity (Wildman–Crippen MR) is 85.8 cm³/mol. The van der Waals surface area contributed by atoms with Gasteiger partial charge in [0.05, 0.1) is 6.61 Å². The van der Waals surface area contributed by atoms with Gasteiger partial charge in [-0.2, -0.15) is 0 Å². The molecule has 0 radical (unpaired) electrons. The molecule has 0 aliphatic heterocycles. The monoisotopic (exact) mass is 324 g/mol. The Labute approximate surface area is 135 Å². The van der Waals surface area contributed by atoms with Crippen LogP contribution in [0.5, 0.6) is 0 Å². The zero-order valence-electron chi connectivity index (χ0n) is 12.8. The van der Waals surface area contributed by atoms with Crippen molar-refractivity contribution in [3.63, 3.8) is 0 Å². The summed E-state index contributed by atoms with van der Waals surface area (Å²) in [6, 6.07) is 4.89. The van der Waals surface area contributed by atoms with Crippen LogP contribution in [-0.2, 0) is 9.59 Å². The highest BCUT2D eigenvalue weighted by molar-refractivity contribution is 6.40. The van der Waals surface area contributed by atoms with Crippen LogP contribution in [0.3, 0.4) is 0 Å². The average molecular weight is 325 g/mol. The lowest BCUT2D eigenvalue weighted by atomic mass is 9.86. The van der Waals surface area contributed by atoms with Crippen molar-refractivity contribution in [3.8, 4) is 0 Å². The summed E-state index contributed by atoms with van der Waals surface area (Å²) in [6.07, 6.45) is 2.53. The molecule has 0 saturated heterocycles. The number of aryl methyl sites for hydroxylation is 1. The summed E-state index contributed by atoms with van der Waals surface area (Å²) < 4.78 is 0. The fraction of sp³-hybridized carbons (Fsp3) is 0.500. The summed E-state index contributed by atoms with van der Waals surface area (Å²) in [7, 11) is 0. The fourth-order valence-corrected chi connectivity index (χ4v) is 2.93. The van der Waals surface area contributed by atoms with E-state index in [0.29, 0.717) is 10.7 Å². The van der Waals surface area contributed by atoms with Gasteiger partial charge in [0.25, 0.3) is 0 Å². The van der Waals surface area contributed by atoms with Crippen molar-refractivity contribution in [2.45, 2.75) is 39.2 Å². The van der Waals surface area contributed by atoms with Gasteiger partial charge in [0.2, 0.25) is 0 Å². The van der Waals surface area contributed by atoms with Crippen LogP contribution in [0.2, 0.25) is 5.02 Å². The molecule has 6 heteroatoms. The van der Waals surface area contributed by atoms with E-state index in [1.807, 2.05) is 13.8 Å². The SMILES string of the molecule is Cc1ccc(NC(=O)C(=O)NC2CCCC2(C)CO)cc1Cl. The molecule has 5 nitrogen and oxygen atoms in total. The highest BCUT2D eigenvalue weighted by Gasteiger charge is 2.39. The highest BCUT2D eigenvalue weighted by Crippen LogP contribution is 2.37. The summed E-state index contributed by atoms with van der Waals surface area (Å²) in [4.78, 5) is 24.0. The Hall–Kier alpha value is -1.59. The maximum Gasteiger partial charge on any atom is 0.313 e. The van der Waals surface area contributed by atoms with Gasteiger partial charge in [0.1, 0.15) is 0 Å². The second kappa shape index (κ2) is 6.67. The predicted octanol–water partition coefficient (Wildman–Crippen LogP) is 2.25. The van der Waals surface area contributed by atoms with E-state index in [2.05, 4.69) is 10.6 Å². The van der Waals surface area contributed by atoms with E-state index in [4.69, 9.17) is 11.6 Å². The first-order valence-electron chi connectivity index (χ1n) is 7.34. The van der Waals surface area contributed by atoms with Crippen LogP contribution in [0.25, 0.3) is 0 Å². The van der Waals surface area contributed by atoms with Crippen LogP contribution < -0.4 is 10.6 Å². The highest BCUT2D eigenvalue weighted by atomic mass is 35.5. The Kier molecular flexibility index (Phi) is 5.08. The molecule has 1 saturated carbocycles. The Morgan fingerprint density at radius 3 is 2.77 bits per heavy atom. The van der Waals surface area contributed by atoms with Crippen LogP contribution in [-0.4, -0.2) is 29.6 Å². The Balaban J connectivity index is 1.97. The zero-order valence-corrected chi connectivity index (χ0v) is 13.5. The van der Waals surface area contributed by atoms with Crippen molar-refractivity contribution >= 4 is 29.1 Å². The molecule has 0 spiro atoms. The van der Waals surface area contributed by atoms with E-state index in [9.17, 15) is 14.7 Å². The summed E-state index contributed by atoms with van der Waals surface area (Å²) >= 11 is 5.99. The number of aliphatic hydroxyl groups excluding tert-OH is 1. The van der Waals surface area contributed by atoms with E-state index in [0.717, 1.165) is 24.8 Å². The number of carbonyl (C=O) groups excluding carboxylic acids is 2. The molecule has 2 amide bonds. The van der Waals surface area contributed by atoms with Gasteiger partial charge in [-0.25, -0.2) is 0 Å². The number of benzene rings is 1. The van der Waals surface area contributed by atoms with Crippen molar-refractivity contribution in [1.29, 1.82) is 0 Å². The molecule has 3 N–H and O–H groups in total. The number of aliphatic hydroxyl groups is 1. The van der Waals surface area contributed by atoms with Crippen LogP contribution in [0, 0.1) is 12.3 Å². The first-order chi connectivity index (χ1) is 10.4. The molecular formula is C16H21ClN2O3. The van der Waals surface area contributed by atoms with Crippen molar-refractivity contribution in [1.82, 2.24) is 5.32 Å². The van der Waals surface area contributed by atoms with Crippen molar-refractivity contribution in [2.24, 2.45) is 5.41 Å². The molecule has 1 aromatic carbocycles. The van der Waals surface area contributed by atoms with Crippen molar-refractivity contribution < 1.29 is 14.7 Å². The van der Waals surface area contributed by atoms with E-state index < -0.39 is 11.8 Å². The van der Waals surface area contributed by atoms with Crippen molar-refractivity contribution in [3.05, 3.63) is 28.8 Å². The second-order valence-electron chi connectivity index (χ2n) is 6.15. The number of hydrogen-bond donors (Lipinski definition) is 3. The standard InChI is InChI=1S/C16H21ClN2O3/c1-10-5-6-11(8-12(10)17)18-14(21)15(22)19-13-4-3-7-16(13,2)9-20/h5-6,8,13,20H,3-4,7,9H2,1-2H3,(H,18,21)(H,19,22). The number of carbonyl (C=O) groups is 2. The summed E-state index contributed by atoms with van der Waals surface area (Å²) in [5.74, 6) is -1.42. The molecule has 1 aliphatic rings. The van der Waals surface area contributed by atoms with Gasteiger partial charge in [-0.15, -0.1) is 0 Å². The van der Waals surface area contributed by atoms with Gasteiger partial charge < -0.3 is 15.7 Å². The first-order valence-corrected chi connectivity index (χ1v) is 7.72.